The number of rotatable bonds is 4. The predicted octanol–water partition coefficient (Wildman–Crippen LogP) is 0.194. The number of nitrogens with one attached hydrogen (secondary N) is 2. The largest absolute Gasteiger partial charge is 0.368 e. The number of fused-ring (bicyclic) bond motifs is 1. The third-order valence-electron chi connectivity index (χ3n) is 2.05. The minimum absolute atomic E-state index is 0.196. The fourth-order valence-corrected chi connectivity index (χ4v) is 1.59. The molecule has 2 aromatic rings. The van der Waals surface area contributed by atoms with E-state index in [0.717, 1.165) is 5.39 Å². The quantitative estimate of drug-likeness (QED) is 0.523. The van der Waals surface area contributed by atoms with Crippen LogP contribution in [-0.2, 0) is 6.54 Å². The summed E-state index contributed by atoms with van der Waals surface area (Å²) in [6.45, 7) is 0.584. The number of hydrazine groups is 1. The van der Waals surface area contributed by atoms with E-state index in [1.165, 1.54) is 0 Å². The maximum atomic E-state index is 5.67. The van der Waals surface area contributed by atoms with E-state index in [1.807, 2.05) is 0 Å². The maximum Gasteiger partial charge on any atom is 0.224 e. The molecule has 0 saturated carbocycles. The van der Waals surface area contributed by atoms with E-state index < -0.39 is 0 Å². The van der Waals surface area contributed by atoms with E-state index in [0.29, 0.717) is 23.9 Å². The second-order valence-corrected chi connectivity index (χ2v) is 3.48. The molecule has 0 fully saturated rings. The van der Waals surface area contributed by atoms with Crippen LogP contribution in [0.3, 0.4) is 0 Å². The van der Waals surface area contributed by atoms with E-state index >= 15 is 0 Å². The highest BCUT2D eigenvalue weighted by Crippen LogP contribution is 2.20. The number of anilines is 2. The number of nitrogen functional groups attached to an aromatic ring is 1. The molecule has 2 rings (SSSR count). The second kappa shape index (κ2) is 4.50. The predicted molar refractivity (Wildman–Crippen MR) is 63.1 cm³/mol. The van der Waals surface area contributed by atoms with E-state index in [9.17, 15) is 0 Å². The molecule has 0 spiro atoms. The minimum atomic E-state index is 0.196. The van der Waals surface area contributed by atoms with Gasteiger partial charge in [-0.25, -0.2) is 10.1 Å². The van der Waals surface area contributed by atoms with Crippen molar-refractivity contribution in [1.82, 2.24) is 25.2 Å². The maximum absolute atomic E-state index is 5.67. The molecule has 86 valence electrons. The Bertz CT molecular complexity index is 494. The molecule has 0 aliphatic carbocycles. The lowest BCUT2D eigenvalue weighted by molar-refractivity contribution is 0.681. The summed E-state index contributed by atoms with van der Waals surface area (Å²) < 4.78 is 1.70. The summed E-state index contributed by atoms with van der Waals surface area (Å²) in [6.07, 6.45) is 1.68. The van der Waals surface area contributed by atoms with Crippen molar-refractivity contribution in [2.24, 2.45) is 0 Å². The Kier molecular flexibility index (Phi) is 3.07. The summed E-state index contributed by atoms with van der Waals surface area (Å²) in [5.74, 6) is 1.27. The van der Waals surface area contributed by atoms with Crippen molar-refractivity contribution in [3.63, 3.8) is 0 Å². The van der Waals surface area contributed by atoms with Crippen LogP contribution in [-0.4, -0.2) is 32.7 Å². The number of halogens is 1. The molecule has 8 heteroatoms. The van der Waals surface area contributed by atoms with E-state index in [1.54, 1.807) is 17.9 Å². The van der Waals surface area contributed by atoms with Gasteiger partial charge in [0.05, 0.1) is 18.1 Å². The average molecular weight is 242 g/mol. The van der Waals surface area contributed by atoms with Crippen LogP contribution in [0, 0.1) is 0 Å². The van der Waals surface area contributed by atoms with Gasteiger partial charge < -0.3 is 11.2 Å². The molecule has 16 heavy (non-hydrogen) atoms. The Morgan fingerprint density at radius 2 is 2.31 bits per heavy atom. The molecule has 0 amide bonds. The molecular formula is C8H12ClN7. The van der Waals surface area contributed by atoms with Gasteiger partial charge in [-0.3, -0.25) is 0 Å². The van der Waals surface area contributed by atoms with E-state index in [4.69, 9.17) is 17.3 Å². The fourth-order valence-electron chi connectivity index (χ4n) is 1.43. The molecular weight excluding hydrogens is 230 g/mol. The third kappa shape index (κ3) is 1.86. The first kappa shape index (κ1) is 10.9. The molecule has 0 atom stereocenters. The van der Waals surface area contributed by atoms with Gasteiger partial charge in [-0.1, -0.05) is 0 Å². The minimum Gasteiger partial charge on any atom is -0.368 e. The van der Waals surface area contributed by atoms with E-state index in [2.05, 4.69) is 25.9 Å². The molecule has 0 aliphatic heterocycles. The highest BCUT2D eigenvalue weighted by atomic mass is 35.5. The number of nitrogens with two attached hydrogens (primary N) is 1. The van der Waals surface area contributed by atoms with Gasteiger partial charge >= 0.3 is 0 Å². The van der Waals surface area contributed by atoms with Crippen LogP contribution in [0.1, 0.15) is 0 Å². The highest BCUT2D eigenvalue weighted by molar-refractivity contribution is 6.17. The van der Waals surface area contributed by atoms with Crippen molar-refractivity contribution in [2.75, 3.05) is 24.1 Å². The number of aromatic nitrogens is 4. The van der Waals surface area contributed by atoms with Crippen LogP contribution in [0.4, 0.5) is 11.8 Å². The molecule has 0 unspecified atom stereocenters. The SMILES string of the molecule is CNNc1nc(N)nc2c1cnn2CCCl. The van der Waals surface area contributed by atoms with Gasteiger partial charge in [0.2, 0.25) is 5.95 Å². The lowest BCUT2D eigenvalue weighted by Crippen LogP contribution is -2.17. The Balaban J connectivity index is 2.56. The number of hydrogen-bond donors (Lipinski definition) is 3. The number of nitrogens with zero attached hydrogens (tertiary/aromatic N) is 4. The lowest BCUT2D eigenvalue weighted by atomic mass is 10.4. The van der Waals surface area contributed by atoms with Gasteiger partial charge in [-0.2, -0.15) is 15.1 Å². The number of hydrogen-bond acceptors (Lipinski definition) is 6. The molecule has 7 nitrogen and oxygen atoms in total. The first-order valence-corrected chi connectivity index (χ1v) is 5.27. The standard InChI is InChI=1S/C8H12ClN7/c1-11-15-6-5-4-12-16(3-2-9)7(5)14-8(10)13-6/h4,11H,2-3H2,1H3,(H3,10,13,14,15). The monoisotopic (exact) mass is 241 g/mol. The first-order chi connectivity index (χ1) is 7.76. The van der Waals surface area contributed by atoms with Gasteiger partial charge in [0.25, 0.3) is 0 Å². The van der Waals surface area contributed by atoms with Crippen LogP contribution in [0.2, 0.25) is 0 Å². The van der Waals surface area contributed by atoms with Gasteiger partial charge in [-0.15, -0.1) is 11.6 Å². The molecule has 0 radical (unpaired) electrons. The van der Waals surface area contributed by atoms with Gasteiger partial charge in [0.1, 0.15) is 0 Å². The Morgan fingerprint density at radius 3 is 3.00 bits per heavy atom. The van der Waals surface area contributed by atoms with Crippen molar-refractivity contribution >= 4 is 34.4 Å². The lowest BCUT2D eigenvalue weighted by Gasteiger charge is -2.05. The Hall–Kier alpha value is -1.60. The average Bonchev–Trinajstić information content (AvgIpc) is 2.63. The zero-order valence-electron chi connectivity index (χ0n) is 8.74. The Labute approximate surface area is 97.0 Å². The fraction of sp³-hybridized carbons (Fsp3) is 0.375. The second-order valence-electron chi connectivity index (χ2n) is 3.10. The highest BCUT2D eigenvalue weighted by Gasteiger charge is 2.10. The van der Waals surface area contributed by atoms with Gasteiger partial charge in [0.15, 0.2) is 11.5 Å². The third-order valence-corrected chi connectivity index (χ3v) is 2.22. The van der Waals surface area contributed by atoms with Crippen molar-refractivity contribution in [3.8, 4) is 0 Å². The topological polar surface area (TPSA) is 93.7 Å². The zero-order valence-corrected chi connectivity index (χ0v) is 9.49. The summed E-state index contributed by atoms with van der Waals surface area (Å²) in [6, 6.07) is 0. The summed E-state index contributed by atoms with van der Waals surface area (Å²) in [7, 11) is 1.74. The summed E-state index contributed by atoms with van der Waals surface area (Å²) >= 11 is 5.67. The molecule has 2 heterocycles. The van der Waals surface area contributed by atoms with Crippen LogP contribution < -0.4 is 16.6 Å². The summed E-state index contributed by atoms with van der Waals surface area (Å²) in [5, 5.41) is 4.98. The molecule has 4 N–H and O–H groups in total. The summed E-state index contributed by atoms with van der Waals surface area (Å²) in [5.41, 5.74) is 12.0. The number of aryl methyl sites for hydroxylation is 1. The normalized spacial score (nSPS) is 10.9. The van der Waals surface area contributed by atoms with Crippen LogP contribution >= 0.6 is 11.6 Å². The zero-order chi connectivity index (χ0) is 11.5. The van der Waals surface area contributed by atoms with Crippen LogP contribution in [0.25, 0.3) is 11.0 Å². The van der Waals surface area contributed by atoms with Gasteiger partial charge in [0, 0.05) is 12.9 Å². The first-order valence-electron chi connectivity index (χ1n) is 4.74. The Morgan fingerprint density at radius 1 is 1.50 bits per heavy atom. The van der Waals surface area contributed by atoms with Crippen LogP contribution in [0.5, 0.6) is 0 Å². The van der Waals surface area contributed by atoms with E-state index in [-0.39, 0.29) is 5.95 Å². The van der Waals surface area contributed by atoms with Crippen molar-refractivity contribution < 1.29 is 0 Å². The smallest absolute Gasteiger partial charge is 0.224 e. The van der Waals surface area contributed by atoms with Gasteiger partial charge in [-0.05, 0) is 0 Å². The summed E-state index contributed by atoms with van der Waals surface area (Å²) in [4.78, 5) is 8.21. The number of alkyl halides is 1. The molecule has 0 aliphatic rings. The molecule has 0 aromatic carbocycles. The van der Waals surface area contributed by atoms with Crippen LogP contribution in [0.15, 0.2) is 6.20 Å². The van der Waals surface area contributed by atoms with Crippen molar-refractivity contribution in [1.29, 1.82) is 0 Å². The molecule has 0 saturated heterocycles. The van der Waals surface area contributed by atoms with Crippen molar-refractivity contribution in [3.05, 3.63) is 6.20 Å². The van der Waals surface area contributed by atoms with Crippen molar-refractivity contribution in [2.45, 2.75) is 6.54 Å². The molecule has 0 bridgehead atoms. The molecule has 2 aromatic heterocycles.